The minimum absolute atomic E-state index is 0. The molecule has 4 nitrogen and oxygen atoms in total. The normalized spacial score (nSPS) is 11.4. The molecule has 0 saturated heterocycles. The Labute approximate surface area is 150 Å². The molecule has 2 N–H and O–H groups in total. The van der Waals surface area contributed by atoms with Crippen LogP contribution in [0.1, 0.15) is 30.0 Å². The third-order valence-corrected chi connectivity index (χ3v) is 4.29. The molecule has 0 amide bonds. The summed E-state index contributed by atoms with van der Waals surface area (Å²) in [7, 11) is 1.82. The zero-order valence-corrected chi connectivity index (χ0v) is 16.8. The van der Waals surface area contributed by atoms with Crippen LogP contribution in [-0.2, 0) is 6.54 Å². The highest BCUT2D eigenvalue weighted by atomic mass is 127. The van der Waals surface area contributed by atoms with Crippen molar-refractivity contribution in [2.75, 3.05) is 33.2 Å². The largest absolute Gasteiger partial charge is 0.356 e. The van der Waals surface area contributed by atoms with Crippen molar-refractivity contribution in [1.29, 1.82) is 0 Å². The first kappa shape index (κ1) is 20.7. The van der Waals surface area contributed by atoms with Gasteiger partial charge in [-0.25, -0.2) is 0 Å². The van der Waals surface area contributed by atoms with Crippen molar-refractivity contribution in [3.05, 3.63) is 21.9 Å². The van der Waals surface area contributed by atoms with Gasteiger partial charge in [0, 0.05) is 23.3 Å². The van der Waals surface area contributed by atoms with Gasteiger partial charge in [0.05, 0.1) is 6.54 Å². The van der Waals surface area contributed by atoms with E-state index in [0.717, 1.165) is 45.1 Å². The molecule has 0 atom stereocenters. The van der Waals surface area contributed by atoms with Crippen molar-refractivity contribution in [2.45, 2.75) is 33.7 Å². The predicted octanol–water partition coefficient (Wildman–Crippen LogP) is 3.07. The van der Waals surface area contributed by atoms with E-state index in [4.69, 9.17) is 0 Å². The van der Waals surface area contributed by atoms with Gasteiger partial charge in [0.15, 0.2) is 5.96 Å². The molecular weight excluding hydrogens is 395 g/mol. The number of halogens is 1. The molecule has 0 aliphatic rings. The molecule has 1 rings (SSSR count). The Kier molecular flexibility index (Phi) is 12.0. The molecule has 0 spiro atoms. The highest BCUT2D eigenvalue weighted by Gasteiger charge is 2.01. The number of nitrogens with one attached hydrogen (secondary N) is 2. The lowest BCUT2D eigenvalue weighted by Gasteiger charge is -2.18. The van der Waals surface area contributed by atoms with Gasteiger partial charge >= 0.3 is 0 Å². The van der Waals surface area contributed by atoms with Crippen molar-refractivity contribution in [3.8, 4) is 0 Å². The second kappa shape index (κ2) is 12.2. The first-order chi connectivity index (χ1) is 9.69. The predicted molar refractivity (Wildman–Crippen MR) is 105 cm³/mol. The van der Waals surface area contributed by atoms with Crippen LogP contribution >= 0.6 is 35.3 Å². The van der Waals surface area contributed by atoms with E-state index in [2.05, 4.69) is 53.4 Å². The molecule has 1 aromatic heterocycles. The molecule has 1 heterocycles. The van der Waals surface area contributed by atoms with E-state index in [0.29, 0.717) is 0 Å². The summed E-state index contributed by atoms with van der Waals surface area (Å²) in [6.07, 6.45) is 1.14. The Hall–Kier alpha value is -0.340. The number of aliphatic imine (C=N–C) groups is 1. The van der Waals surface area contributed by atoms with Gasteiger partial charge in [-0.3, -0.25) is 4.99 Å². The fraction of sp³-hybridized carbons (Fsp3) is 0.667. The number of thiophene rings is 1. The molecule has 0 aliphatic carbocycles. The molecule has 0 aromatic carbocycles. The molecule has 0 saturated carbocycles. The molecule has 0 fully saturated rings. The van der Waals surface area contributed by atoms with Gasteiger partial charge in [0.1, 0.15) is 0 Å². The van der Waals surface area contributed by atoms with Crippen molar-refractivity contribution in [1.82, 2.24) is 15.5 Å². The van der Waals surface area contributed by atoms with Gasteiger partial charge in [0.2, 0.25) is 0 Å². The smallest absolute Gasteiger partial charge is 0.191 e. The molecule has 21 heavy (non-hydrogen) atoms. The fourth-order valence-electron chi connectivity index (χ4n) is 2.02. The Morgan fingerprint density at radius 1 is 1.24 bits per heavy atom. The molecule has 6 heteroatoms. The lowest BCUT2D eigenvalue weighted by molar-refractivity contribution is 0.300. The van der Waals surface area contributed by atoms with Crippen molar-refractivity contribution in [3.63, 3.8) is 0 Å². The first-order valence-corrected chi connectivity index (χ1v) is 8.23. The van der Waals surface area contributed by atoms with Crippen LogP contribution in [0.5, 0.6) is 0 Å². The first-order valence-electron chi connectivity index (χ1n) is 7.41. The SMILES string of the molecule is CCN(CC)CCCNC(=NC)NCc1ccc(C)s1.I. The van der Waals surface area contributed by atoms with Crippen LogP contribution in [-0.4, -0.2) is 44.1 Å². The maximum Gasteiger partial charge on any atom is 0.191 e. The van der Waals surface area contributed by atoms with Gasteiger partial charge in [-0.15, -0.1) is 35.3 Å². The Morgan fingerprint density at radius 2 is 1.95 bits per heavy atom. The average Bonchev–Trinajstić information content (AvgIpc) is 2.88. The Balaban J connectivity index is 0.00000400. The third kappa shape index (κ3) is 8.63. The van der Waals surface area contributed by atoms with Gasteiger partial charge in [-0.05, 0) is 45.1 Å². The number of rotatable bonds is 8. The summed E-state index contributed by atoms with van der Waals surface area (Å²) in [5.74, 6) is 0.885. The molecular formula is C15H29IN4S. The minimum atomic E-state index is 0. The van der Waals surface area contributed by atoms with E-state index < -0.39 is 0 Å². The van der Waals surface area contributed by atoms with E-state index in [1.807, 2.05) is 18.4 Å². The maximum absolute atomic E-state index is 4.25. The van der Waals surface area contributed by atoms with Gasteiger partial charge in [-0.2, -0.15) is 0 Å². The van der Waals surface area contributed by atoms with Crippen molar-refractivity contribution < 1.29 is 0 Å². The van der Waals surface area contributed by atoms with Crippen LogP contribution in [0.4, 0.5) is 0 Å². The van der Waals surface area contributed by atoms with Gasteiger partial charge in [0.25, 0.3) is 0 Å². The molecule has 122 valence electrons. The van der Waals surface area contributed by atoms with E-state index in [-0.39, 0.29) is 24.0 Å². The maximum atomic E-state index is 4.25. The summed E-state index contributed by atoms with van der Waals surface area (Å²) in [6.45, 7) is 11.7. The minimum Gasteiger partial charge on any atom is -0.356 e. The van der Waals surface area contributed by atoms with E-state index in [9.17, 15) is 0 Å². The summed E-state index contributed by atoms with van der Waals surface area (Å²) < 4.78 is 0. The van der Waals surface area contributed by atoms with Crippen molar-refractivity contribution >= 4 is 41.3 Å². The molecule has 0 bridgehead atoms. The summed E-state index contributed by atoms with van der Waals surface area (Å²) in [5.41, 5.74) is 0. The fourth-order valence-corrected chi connectivity index (χ4v) is 2.85. The summed E-state index contributed by atoms with van der Waals surface area (Å²) in [5, 5.41) is 6.72. The summed E-state index contributed by atoms with van der Waals surface area (Å²) in [6, 6.07) is 4.32. The monoisotopic (exact) mass is 424 g/mol. The molecule has 0 aliphatic heterocycles. The third-order valence-electron chi connectivity index (χ3n) is 3.29. The summed E-state index contributed by atoms with van der Waals surface area (Å²) >= 11 is 1.83. The van der Waals surface area contributed by atoms with E-state index in [1.54, 1.807) is 0 Å². The Bertz CT molecular complexity index is 402. The lowest BCUT2D eigenvalue weighted by atomic mass is 10.3. The van der Waals surface area contributed by atoms with Gasteiger partial charge < -0.3 is 15.5 Å². The standard InChI is InChI=1S/C15H28N4S.HI/c1-5-19(6-2)11-7-10-17-15(16-4)18-12-14-9-8-13(3)20-14;/h8-9H,5-7,10-12H2,1-4H3,(H2,16,17,18);1H. The molecule has 0 radical (unpaired) electrons. The van der Waals surface area contributed by atoms with Gasteiger partial charge in [-0.1, -0.05) is 13.8 Å². The van der Waals surface area contributed by atoms with E-state index >= 15 is 0 Å². The van der Waals surface area contributed by atoms with Crippen LogP contribution in [0.25, 0.3) is 0 Å². The lowest BCUT2D eigenvalue weighted by Crippen LogP contribution is -2.38. The van der Waals surface area contributed by atoms with Crippen LogP contribution in [0.2, 0.25) is 0 Å². The quantitative estimate of drug-likeness (QED) is 0.292. The highest BCUT2D eigenvalue weighted by molar-refractivity contribution is 14.0. The second-order valence-corrected chi connectivity index (χ2v) is 6.12. The second-order valence-electron chi connectivity index (χ2n) is 4.75. The van der Waals surface area contributed by atoms with Crippen LogP contribution in [0.3, 0.4) is 0 Å². The average molecular weight is 424 g/mol. The number of hydrogen-bond donors (Lipinski definition) is 2. The highest BCUT2D eigenvalue weighted by Crippen LogP contribution is 2.14. The van der Waals surface area contributed by atoms with Crippen LogP contribution in [0, 0.1) is 6.92 Å². The topological polar surface area (TPSA) is 39.7 Å². The number of aryl methyl sites for hydroxylation is 1. The Morgan fingerprint density at radius 3 is 2.48 bits per heavy atom. The van der Waals surface area contributed by atoms with Crippen LogP contribution < -0.4 is 10.6 Å². The van der Waals surface area contributed by atoms with Crippen molar-refractivity contribution in [2.24, 2.45) is 4.99 Å². The molecule has 0 unspecified atom stereocenters. The van der Waals surface area contributed by atoms with E-state index in [1.165, 1.54) is 9.75 Å². The zero-order chi connectivity index (χ0) is 14.8. The number of guanidine groups is 1. The number of hydrogen-bond acceptors (Lipinski definition) is 3. The molecule has 1 aromatic rings. The number of nitrogens with zero attached hydrogens (tertiary/aromatic N) is 2. The zero-order valence-electron chi connectivity index (χ0n) is 13.6. The van der Waals surface area contributed by atoms with Crippen LogP contribution in [0.15, 0.2) is 17.1 Å². The summed E-state index contributed by atoms with van der Waals surface area (Å²) in [4.78, 5) is 9.38.